The Labute approximate surface area is 184 Å². The number of hydrogen-bond acceptors (Lipinski definition) is 5. The molecule has 160 valence electrons. The van der Waals surface area contributed by atoms with Crippen LogP contribution in [0.15, 0.2) is 91.0 Å². The molecule has 1 saturated heterocycles. The summed E-state index contributed by atoms with van der Waals surface area (Å²) >= 11 is 0. The Hall–Kier alpha value is -2.48. The lowest BCUT2D eigenvalue weighted by Crippen LogP contribution is -2.61. The Kier molecular flexibility index (Phi) is 6.55. The van der Waals surface area contributed by atoms with E-state index in [1.54, 1.807) is 0 Å². The maximum absolute atomic E-state index is 9.92. The summed E-state index contributed by atoms with van der Waals surface area (Å²) in [6.45, 7) is 1.41. The predicted octanol–water partition coefficient (Wildman–Crippen LogP) is 1.54. The van der Waals surface area contributed by atoms with Gasteiger partial charge < -0.3 is 20.3 Å². The van der Waals surface area contributed by atoms with Gasteiger partial charge in [0.15, 0.2) is 0 Å². The molecule has 1 heterocycles. The summed E-state index contributed by atoms with van der Waals surface area (Å²) in [5, 5.41) is 27.1. The van der Waals surface area contributed by atoms with Crippen molar-refractivity contribution in [1.82, 2.24) is 10.6 Å². The zero-order valence-corrected chi connectivity index (χ0v) is 17.7. The van der Waals surface area contributed by atoms with Crippen LogP contribution in [-0.4, -0.2) is 49.2 Å². The monoisotopic (exact) mass is 416 g/mol. The third kappa shape index (κ3) is 4.90. The van der Waals surface area contributed by atoms with E-state index in [2.05, 4.69) is 47.0 Å². The first-order chi connectivity index (χ1) is 15.0. The summed E-state index contributed by atoms with van der Waals surface area (Å²) in [4.78, 5) is 0. The number of nitrogens with one attached hydrogen (secondary N) is 2. The second kappa shape index (κ2) is 9.34. The first-order valence-corrected chi connectivity index (χ1v) is 10.8. The van der Waals surface area contributed by atoms with E-state index in [9.17, 15) is 10.2 Å². The molecule has 3 aromatic rings. The van der Waals surface area contributed by atoms with Crippen LogP contribution in [0.1, 0.15) is 23.1 Å². The molecule has 2 atom stereocenters. The quantitative estimate of drug-likeness (QED) is 0.267. The van der Waals surface area contributed by atoms with Crippen molar-refractivity contribution in [2.45, 2.75) is 30.0 Å². The Morgan fingerprint density at radius 2 is 1.26 bits per heavy atom. The Morgan fingerprint density at radius 3 is 1.68 bits per heavy atom. The van der Waals surface area contributed by atoms with Gasteiger partial charge in [0.25, 0.3) is 0 Å². The van der Waals surface area contributed by atoms with E-state index in [1.807, 2.05) is 54.6 Å². The topological polar surface area (TPSA) is 73.8 Å². The van der Waals surface area contributed by atoms with Gasteiger partial charge in [-0.3, -0.25) is 5.32 Å². The minimum absolute atomic E-state index is 0.159. The molecule has 4 rings (SSSR count). The fourth-order valence-electron chi connectivity index (χ4n) is 4.50. The number of benzene rings is 3. The molecule has 1 aliphatic rings. The standard InChI is InChI=1S/C25H29BN2O3/c26-25(29,30)31-23-16-17-27-18-22(23)28-24(19-10-4-1-5-11-19,20-12-6-2-7-13-20)21-14-8-3-9-15-21/h1-15,22-23,27-30H,16-18,26H2. The molecule has 0 amide bonds. The smallest absolute Gasteiger partial charge is 0.225 e. The summed E-state index contributed by atoms with van der Waals surface area (Å²) in [7, 11) is 1.25. The van der Waals surface area contributed by atoms with Crippen molar-refractivity contribution in [2.24, 2.45) is 0 Å². The molecule has 31 heavy (non-hydrogen) atoms. The van der Waals surface area contributed by atoms with E-state index in [-0.39, 0.29) is 12.1 Å². The van der Waals surface area contributed by atoms with Gasteiger partial charge in [0.1, 0.15) is 0 Å². The van der Waals surface area contributed by atoms with Gasteiger partial charge in [0, 0.05) is 12.6 Å². The second-order valence-corrected chi connectivity index (χ2v) is 8.18. The molecule has 1 aliphatic heterocycles. The molecule has 1 fully saturated rings. The lowest BCUT2D eigenvalue weighted by molar-refractivity contribution is -0.300. The fourth-order valence-corrected chi connectivity index (χ4v) is 4.50. The van der Waals surface area contributed by atoms with Crippen LogP contribution in [0.3, 0.4) is 0 Å². The molecule has 2 unspecified atom stereocenters. The zero-order valence-electron chi connectivity index (χ0n) is 17.7. The molecule has 4 N–H and O–H groups in total. The predicted molar refractivity (Wildman–Crippen MR) is 124 cm³/mol. The van der Waals surface area contributed by atoms with Gasteiger partial charge in [-0.05, 0) is 29.7 Å². The van der Waals surface area contributed by atoms with Gasteiger partial charge in [-0.2, -0.15) is 0 Å². The van der Waals surface area contributed by atoms with Crippen LogP contribution >= 0.6 is 0 Å². The molecule has 0 saturated carbocycles. The van der Waals surface area contributed by atoms with Crippen molar-refractivity contribution >= 4 is 7.85 Å². The van der Waals surface area contributed by atoms with Gasteiger partial charge in [-0.15, -0.1) is 0 Å². The van der Waals surface area contributed by atoms with E-state index in [0.717, 1.165) is 23.2 Å². The number of rotatable bonds is 7. The fraction of sp³-hybridized carbons (Fsp3) is 0.280. The lowest BCUT2D eigenvalue weighted by atomic mass is 9.76. The van der Waals surface area contributed by atoms with Crippen LogP contribution < -0.4 is 10.6 Å². The number of aliphatic hydroxyl groups is 2. The zero-order chi connectivity index (χ0) is 21.7. The highest BCUT2D eigenvalue weighted by Crippen LogP contribution is 2.38. The van der Waals surface area contributed by atoms with Crippen LogP contribution in [0, 0.1) is 0 Å². The van der Waals surface area contributed by atoms with E-state index in [0.29, 0.717) is 13.0 Å². The Morgan fingerprint density at radius 1 is 0.806 bits per heavy atom. The van der Waals surface area contributed by atoms with Gasteiger partial charge in [-0.25, -0.2) is 0 Å². The van der Waals surface area contributed by atoms with Crippen LogP contribution in [0.2, 0.25) is 0 Å². The molecular formula is C25H29BN2O3. The van der Waals surface area contributed by atoms with Crippen molar-refractivity contribution in [3.63, 3.8) is 0 Å². The first kappa shape index (κ1) is 21.7. The number of ether oxygens (including phenoxy) is 1. The molecule has 0 aliphatic carbocycles. The highest BCUT2D eigenvalue weighted by molar-refractivity contribution is 6.11. The summed E-state index contributed by atoms with van der Waals surface area (Å²) in [5.41, 5.74) is 2.67. The van der Waals surface area contributed by atoms with Crippen molar-refractivity contribution in [1.29, 1.82) is 0 Å². The Bertz CT molecular complexity index is 852. The summed E-state index contributed by atoms with van der Waals surface area (Å²) in [6.07, 6.45) is 0.305. The first-order valence-electron chi connectivity index (χ1n) is 10.8. The number of piperidine rings is 1. The highest BCUT2D eigenvalue weighted by Gasteiger charge is 2.41. The van der Waals surface area contributed by atoms with Gasteiger partial charge in [0.05, 0.1) is 11.6 Å². The van der Waals surface area contributed by atoms with Crippen molar-refractivity contribution < 1.29 is 14.9 Å². The molecular weight excluding hydrogens is 387 g/mol. The second-order valence-electron chi connectivity index (χ2n) is 8.18. The van der Waals surface area contributed by atoms with Gasteiger partial charge in [-0.1, -0.05) is 91.0 Å². The molecule has 6 heteroatoms. The van der Waals surface area contributed by atoms with Crippen molar-refractivity contribution in [2.75, 3.05) is 13.1 Å². The van der Waals surface area contributed by atoms with Gasteiger partial charge >= 0.3 is 0 Å². The summed E-state index contributed by atoms with van der Waals surface area (Å²) in [5.74, 6) is -2.18. The molecule has 3 aromatic carbocycles. The molecule has 5 nitrogen and oxygen atoms in total. The van der Waals surface area contributed by atoms with Crippen LogP contribution in [-0.2, 0) is 10.3 Å². The van der Waals surface area contributed by atoms with E-state index in [4.69, 9.17) is 4.74 Å². The van der Waals surface area contributed by atoms with Crippen LogP contribution in [0.4, 0.5) is 0 Å². The van der Waals surface area contributed by atoms with Crippen LogP contribution in [0.25, 0.3) is 0 Å². The lowest BCUT2D eigenvalue weighted by Gasteiger charge is -2.44. The number of hydrogen-bond donors (Lipinski definition) is 4. The third-order valence-corrected chi connectivity index (χ3v) is 5.82. The average molecular weight is 416 g/mol. The summed E-state index contributed by atoms with van der Waals surface area (Å²) in [6, 6.07) is 30.9. The van der Waals surface area contributed by atoms with Gasteiger partial charge in [0.2, 0.25) is 13.7 Å². The molecule has 0 aromatic heterocycles. The average Bonchev–Trinajstić information content (AvgIpc) is 2.79. The highest BCUT2D eigenvalue weighted by atomic mass is 16.8. The Balaban J connectivity index is 1.86. The maximum atomic E-state index is 9.92. The van der Waals surface area contributed by atoms with Crippen LogP contribution in [0.5, 0.6) is 0 Å². The largest absolute Gasteiger partial charge is 0.352 e. The van der Waals surface area contributed by atoms with E-state index in [1.165, 1.54) is 7.85 Å². The molecule has 0 spiro atoms. The summed E-state index contributed by atoms with van der Waals surface area (Å²) < 4.78 is 5.65. The van der Waals surface area contributed by atoms with E-state index >= 15 is 0 Å². The maximum Gasteiger partial charge on any atom is 0.225 e. The SMILES string of the molecule is BC(O)(O)OC1CCNCC1NC(c1ccccc1)(c1ccccc1)c1ccccc1. The minimum atomic E-state index is -2.18. The van der Waals surface area contributed by atoms with E-state index < -0.39 is 11.4 Å². The normalized spacial score (nSPS) is 19.8. The van der Waals surface area contributed by atoms with Crippen molar-refractivity contribution in [3.05, 3.63) is 108 Å². The molecule has 0 bridgehead atoms. The minimum Gasteiger partial charge on any atom is -0.352 e. The van der Waals surface area contributed by atoms with Crippen molar-refractivity contribution in [3.8, 4) is 0 Å². The third-order valence-electron chi connectivity index (χ3n) is 5.82. The molecule has 0 radical (unpaired) electrons.